The highest BCUT2D eigenvalue weighted by Gasteiger charge is 2.12. The van der Waals surface area contributed by atoms with E-state index in [4.69, 9.17) is 11.6 Å². The lowest BCUT2D eigenvalue weighted by Gasteiger charge is -2.07. The van der Waals surface area contributed by atoms with Gasteiger partial charge >= 0.3 is 0 Å². The Morgan fingerprint density at radius 2 is 1.71 bits per heavy atom. The van der Waals surface area contributed by atoms with Crippen LogP contribution in [0.25, 0.3) is 0 Å². The number of nitrogens with one attached hydrogen (secondary N) is 2. The summed E-state index contributed by atoms with van der Waals surface area (Å²) in [6.45, 7) is 0. The van der Waals surface area contributed by atoms with E-state index < -0.39 is 0 Å². The van der Waals surface area contributed by atoms with Crippen LogP contribution in [-0.2, 0) is 4.79 Å². The first-order chi connectivity index (χ1) is 10.1. The van der Waals surface area contributed by atoms with Gasteiger partial charge in [-0.25, -0.2) is 0 Å². The van der Waals surface area contributed by atoms with Crippen LogP contribution in [0.1, 0.15) is 16.8 Å². The van der Waals surface area contributed by atoms with Crippen molar-refractivity contribution >= 4 is 34.7 Å². The molecule has 1 amide bonds. The summed E-state index contributed by atoms with van der Waals surface area (Å²) in [6, 6.07) is 13.9. The summed E-state index contributed by atoms with van der Waals surface area (Å²) >= 11 is 5.95. The average Bonchev–Trinajstić information content (AvgIpc) is 2.49. The average molecular weight is 303 g/mol. The largest absolute Gasteiger partial charge is 0.388 e. The van der Waals surface area contributed by atoms with Gasteiger partial charge in [0.05, 0.1) is 17.1 Å². The molecular formula is C16H15ClN2O2. The van der Waals surface area contributed by atoms with Crippen LogP contribution in [-0.4, -0.2) is 18.7 Å². The van der Waals surface area contributed by atoms with Gasteiger partial charge in [0.25, 0.3) is 0 Å². The number of amides is 1. The summed E-state index contributed by atoms with van der Waals surface area (Å²) in [4.78, 5) is 23.9. The van der Waals surface area contributed by atoms with E-state index in [2.05, 4.69) is 10.6 Å². The number of anilines is 2. The van der Waals surface area contributed by atoms with Crippen molar-refractivity contribution in [1.82, 2.24) is 0 Å². The highest BCUT2D eigenvalue weighted by atomic mass is 35.5. The lowest BCUT2D eigenvalue weighted by atomic mass is 10.1. The molecule has 2 rings (SSSR count). The summed E-state index contributed by atoms with van der Waals surface area (Å²) in [7, 11) is 1.80. The molecule has 4 nitrogen and oxygen atoms in total. The molecule has 21 heavy (non-hydrogen) atoms. The van der Waals surface area contributed by atoms with Gasteiger partial charge in [-0.05, 0) is 36.4 Å². The molecule has 0 saturated heterocycles. The number of carbonyl (C=O) groups is 2. The molecule has 0 radical (unpaired) electrons. The van der Waals surface area contributed by atoms with E-state index in [9.17, 15) is 9.59 Å². The molecule has 2 aromatic carbocycles. The highest BCUT2D eigenvalue weighted by molar-refractivity contribution is 6.33. The van der Waals surface area contributed by atoms with Crippen LogP contribution < -0.4 is 10.6 Å². The molecule has 0 unspecified atom stereocenters. The van der Waals surface area contributed by atoms with Gasteiger partial charge in [0, 0.05) is 18.3 Å². The Morgan fingerprint density at radius 1 is 1.05 bits per heavy atom. The van der Waals surface area contributed by atoms with Gasteiger partial charge in [0.2, 0.25) is 5.91 Å². The zero-order valence-electron chi connectivity index (χ0n) is 11.5. The maximum atomic E-state index is 12.0. The molecule has 0 bridgehead atoms. The van der Waals surface area contributed by atoms with E-state index in [-0.39, 0.29) is 18.1 Å². The van der Waals surface area contributed by atoms with Gasteiger partial charge in [0.1, 0.15) is 0 Å². The maximum absolute atomic E-state index is 12.0. The molecule has 0 fully saturated rings. The van der Waals surface area contributed by atoms with Crippen LogP contribution in [0.3, 0.4) is 0 Å². The van der Waals surface area contributed by atoms with E-state index in [1.807, 2.05) is 0 Å². The molecule has 0 saturated carbocycles. The van der Waals surface area contributed by atoms with Crippen molar-refractivity contribution in [3.63, 3.8) is 0 Å². The molecule has 0 aliphatic rings. The molecule has 0 atom stereocenters. The van der Waals surface area contributed by atoms with Crippen LogP contribution in [0.4, 0.5) is 11.4 Å². The van der Waals surface area contributed by atoms with E-state index in [1.54, 1.807) is 55.6 Å². The number of hydrogen-bond donors (Lipinski definition) is 2. The third kappa shape index (κ3) is 4.07. The summed E-state index contributed by atoms with van der Waals surface area (Å²) in [5.74, 6) is -0.618. The standard InChI is InChI=1S/C16H15ClN2O2/c1-18-12-8-6-11(7-9-12)15(20)10-16(21)19-14-5-3-2-4-13(14)17/h2-9,18H,10H2,1H3,(H,19,21). The normalized spacial score (nSPS) is 10.0. The first kappa shape index (κ1) is 15.1. The van der Waals surface area contributed by atoms with Gasteiger partial charge in [-0.2, -0.15) is 0 Å². The Morgan fingerprint density at radius 3 is 2.33 bits per heavy atom. The number of carbonyl (C=O) groups excluding carboxylic acids is 2. The second-order valence-electron chi connectivity index (χ2n) is 4.46. The zero-order chi connectivity index (χ0) is 15.2. The zero-order valence-corrected chi connectivity index (χ0v) is 12.3. The minimum atomic E-state index is -0.384. The summed E-state index contributed by atoms with van der Waals surface area (Å²) in [5.41, 5.74) is 1.91. The summed E-state index contributed by atoms with van der Waals surface area (Å²) < 4.78 is 0. The smallest absolute Gasteiger partial charge is 0.232 e. The molecule has 0 aliphatic carbocycles. The molecule has 2 aromatic rings. The van der Waals surface area contributed by atoms with Gasteiger partial charge in [-0.1, -0.05) is 23.7 Å². The monoisotopic (exact) mass is 302 g/mol. The van der Waals surface area contributed by atoms with Crippen molar-refractivity contribution in [1.29, 1.82) is 0 Å². The fourth-order valence-electron chi connectivity index (χ4n) is 1.83. The van der Waals surface area contributed by atoms with Crippen molar-refractivity contribution < 1.29 is 9.59 Å². The Bertz CT molecular complexity index is 654. The van der Waals surface area contributed by atoms with Crippen LogP contribution in [0, 0.1) is 0 Å². The number of Topliss-reactive ketones (excluding diaryl/α,β-unsaturated/α-hetero) is 1. The molecule has 5 heteroatoms. The lowest BCUT2D eigenvalue weighted by molar-refractivity contribution is -0.115. The molecule has 0 heterocycles. The van der Waals surface area contributed by atoms with Crippen molar-refractivity contribution in [3.8, 4) is 0 Å². The number of rotatable bonds is 5. The van der Waals surface area contributed by atoms with Crippen LogP contribution in [0.2, 0.25) is 5.02 Å². The predicted molar refractivity (Wildman–Crippen MR) is 85.0 cm³/mol. The predicted octanol–water partition coefficient (Wildman–Crippen LogP) is 3.59. The number of hydrogen-bond acceptors (Lipinski definition) is 3. The van der Waals surface area contributed by atoms with Gasteiger partial charge in [0.15, 0.2) is 5.78 Å². The van der Waals surface area contributed by atoms with E-state index in [0.717, 1.165) is 5.69 Å². The molecule has 0 aromatic heterocycles. The molecule has 108 valence electrons. The SMILES string of the molecule is CNc1ccc(C(=O)CC(=O)Nc2ccccc2Cl)cc1. The van der Waals surface area contributed by atoms with Crippen LogP contribution >= 0.6 is 11.6 Å². The fraction of sp³-hybridized carbons (Fsp3) is 0.125. The van der Waals surface area contributed by atoms with Crippen LogP contribution in [0.5, 0.6) is 0 Å². The summed E-state index contributed by atoms with van der Waals surface area (Å²) in [5, 5.41) is 6.04. The topological polar surface area (TPSA) is 58.2 Å². The van der Waals surface area contributed by atoms with E-state index in [0.29, 0.717) is 16.3 Å². The van der Waals surface area contributed by atoms with Crippen molar-refractivity contribution in [2.45, 2.75) is 6.42 Å². The number of benzene rings is 2. The third-order valence-electron chi connectivity index (χ3n) is 2.96. The molecule has 0 spiro atoms. The van der Waals surface area contributed by atoms with Crippen molar-refractivity contribution in [2.24, 2.45) is 0 Å². The Hall–Kier alpha value is -2.33. The second kappa shape index (κ2) is 6.90. The Balaban J connectivity index is 1.98. The first-order valence-corrected chi connectivity index (χ1v) is 6.83. The van der Waals surface area contributed by atoms with Crippen LogP contribution in [0.15, 0.2) is 48.5 Å². The highest BCUT2D eigenvalue weighted by Crippen LogP contribution is 2.20. The third-order valence-corrected chi connectivity index (χ3v) is 3.29. The summed E-state index contributed by atoms with van der Waals surface area (Å²) in [6.07, 6.45) is -0.218. The van der Waals surface area contributed by atoms with Gasteiger partial charge < -0.3 is 10.6 Å². The minimum Gasteiger partial charge on any atom is -0.388 e. The fourth-order valence-corrected chi connectivity index (χ4v) is 2.01. The Labute approximate surface area is 128 Å². The minimum absolute atomic E-state index is 0.218. The van der Waals surface area contributed by atoms with Crippen molar-refractivity contribution in [2.75, 3.05) is 17.7 Å². The van der Waals surface area contributed by atoms with E-state index in [1.165, 1.54) is 0 Å². The Kier molecular flexibility index (Phi) is 4.95. The van der Waals surface area contributed by atoms with Gasteiger partial charge in [-0.15, -0.1) is 0 Å². The first-order valence-electron chi connectivity index (χ1n) is 6.45. The number of ketones is 1. The number of halogens is 1. The second-order valence-corrected chi connectivity index (χ2v) is 4.86. The maximum Gasteiger partial charge on any atom is 0.232 e. The van der Waals surface area contributed by atoms with Crippen molar-refractivity contribution in [3.05, 3.63) is 59.1 Å². The molecule has 0 aliphatic heterocycles. The van der Waals surface area contributed by atoms with Gasteiger partial charge in [-0.3, -0.25) is 9.59 Å². The number of para-hydroxylation sites is 1. The quantitative estimate of drug-likeness (QED) is 0.655. The van der Waals surface area contributed by atoms with E-state index >= 15 is 0 Å². The lowest BCUT2D eigenvalue weighted by Crippen LogP contribution is -2.16. The molecular weight excluding hydrogens is 288 g/mol. The molecule has 2 N–H and O–H groups in total.